The molecule has 7 rings (SSSR count). The van der Waals surface area contributed by atoms with E-state index in [1.807, 2.05) is 12.4 Å². The Morgan fingerprint density at radius 1 is 1.09 bits per heavy atom. The van der Waals surface area contributed by atoms with Gasteiger partial charge in [0.25, 0.3) is 0 Å². The molecule has 184 valence electrons. The zero-order valence-electron chi connectivity index (χ0n) is 21.9. The second-order valence-electron chi connectivity index (χ2n) is 12.8. The summed E-state index contributed by atoms with van der Waals surface area (Å²) in [6.07, 6.45) is 18.9. The minimum absolute atomic E-state index is 0.0195. The van der Waals surface area contributed by atoms with E-state index in [0.717, 1.165) is 0 Å². The smallest absolute Gasteiger partial charge is 0.0974 e. The highest BCUT2D eigenvalue weighted by atomic mass is 16.5. The predicted molar refractivity (Wildman–Crippen MR) is 142 cm³/mol. The molecule has 3 heteroatoms. The van der Waals surface area contributed by atoms with Gasteiger partial charge in [-0.1, -0.05) is 31.2 Å². The summed E-state index contributed by atoms with van der Waals surface area (Å²) in [7, 11) is 2.32. The van der Waals surface area contributed by atoms with E-state index >= 15 is 0 Å². The van der Waals surface area contributed by atoms with Crippen molar-refractivity contribution in [2.75, 3.05) is 7.05 Å². The third kappa shape index (κ3) is 3.01. The minimum atomic E-state index is -0.0675. The Morgan fingerprint density at radius 2 is 1.97 bits per heavy atom. The number of hydrogen-bond acceptors (Lipinski definition) is 3. The van der Waals surface area contributed by atoms with Gasteiger partial charge >= 0.3 is 0 Å². The van der Waals surface area contributed by atoms with E-state index in [-0.39, 0.29) is 16.6 Å². The zero-order valence-corrected chi connectivity index (χ0v) is 21.9. The Hall–Kier alpha value is -1.97. The van der Waals surface area contributed by atoms with E-state index in [1.54, 1.807) is 5.57 Å². The van der Waals surface area contributed by atoms with Crippen LogP contribution < -0.4 is 0 Å². The lowest BCUT2D eigenvalue weighted by Gasteiger charge is -2.55. The molecular formula is C32H40N2O. The molecule has 6 atom stereocenters. The van der Waals surface area contributed by atoms with Crippen LogP contribution in [0, 0.1) is 11.3 Å². The molecule has 1 aromatic heterocycles. The molecule has 3 heterocycles. The third-order valence-corrected chi connectivity index (χ3v) is 11.1. The first-order valence-corrected chi connectivity index (χ1v) is 14.0. The molecule has 2 saturated carbocycles. The Kier molecular flexibility index (Phi) is 4.78. The Labute approximate surface area is 210 Å². The van der Waals surface area contributed by atoms with Gasteiger partial charge < -0.3 is 9.64 Å². The summed E-state index contributed by atoms with van der Waals surface area (Å²) in [4.78, 5) is 6.98. The average molecular weight is 469 g/mol. The summed E-state index contributed by atoms with van der Waals surface area (Å²) in [6, 6.07) is 10.4. The molecule has 2 aromatic rings. The molecule has 35 heavy (non-hydrogen) atoms. The number of pyridine rings is 1. The van der Waals surface area contributed by atoms with Crippen molar-refractivity contribution in [3.8, 4) is 0 Å². The predicted octanol–water partition coefficient (Wildman–Crippen LogP) is 7.19. The van der Waals surface area contributed by atoms with Crippen LogP contribution in [0.4, 0.5) is 0 Å². The van der Waals surface area contributed by atoms with Crippen LogP contribution in [0.2, 0.25) is 0 Å². The molecule has 1 aromatic carbocycles. The van der Waals surface area contributed by atoms with E-state index in [0.29, 0.717) is 23.9 Å². The van der Waals surface area contributed by atoms with Gasteiger partial charge in [-0.3, -0.25) is 4.98 Å². The van der Waals surface area contributed by atoms with Crippen LogP contribution >= 0.6 is 0 Å². The van der Waals surface area contributed by atoms with Crippen molar-refractivity contribution in [1.82, 2.24) is 9.88 Å². The van der Waals surface area contributed by atoms with Crippen LogP contribution in [-0.4, -0.2) is 40.2 Å². The average Bonchev–Trinajstić information content (AvgIpc) is 3.38. The highest BCUT2D eigenvalue weighted by Crippen LogP contribution is 2.69. The highest BCUT2D eigenvalue weighted by Gasteiger charge is 2.66. The summed E-state index contributed by atoms with van der Waals surface area (Å²) < 4.78 is 7.50. The normalized spacial score (nSPS) is 39.9. The molecule has 2 aliphatic heterocycles. The molecule has 3 nitrogen and oxygen atoms in total. The van der Waals surface area contributed by atoms with E-state index in [9.17, 15) is 0 Å². The van der Waals surface area contributed by atoms with Gasteiger partial charge in [-0.2, -0.15) is 0 Å². The number of benzene rings is 1. The zero-order chi connectivity index (χ0) is 24.0. The molecule has 3 aliphatic carbocycles. The molecule has 0 radical (unpaired) electrons. The number of allylic oxidation sites excluding steroid dienone is 1. The van der Waals surface area contributed by atoms with E-state index in [1.165, 1.54) is 73.3 Å². The molecule has 5 aliphatic rings. The van der Waals surface area contributed by atoms with Crippen LogP contribution in [0.25, 0.3) is 10.8 Å². The molecule has 3 fully saturated rings. The van der Waals surface area contributed by atoms with Crippen molar-refractivity contribution in [3.05, 3.63) is 65.5 Å². The lowest BCUT2D eigenvalue weighted by Crippen LogP contribution is -2.55. The van der Waals surface area contributed by atoms with Gasteiger partial charge in [0.05, 0.1) is 11.2 Å². The second-order valence-corrected chi connectivity index (χ2v) is 12.8. The largest absolute Gasteiger partial charge is 0.359 e. The van der Waals surface area contributed by atoms with E-state index < -0.39 is 0 Å². The number of rotatable bonds is 3. The maximum Gasteiger partial charge on any atom is 0.0974 e. The van der Waals surface area contributed by atoms with Gasteiger partial charge in [0.15, 0.2) is 0 Å². The SMILES string of the molecule is CC(C)N(C)C1CCC2=CC3=CCC4(C)C(c5ccc6ccncc6c5)CCC4[C@@]34CC[C@]2(C1)O4. The Balaban J connectivity index is 1.25. The number of hydrogen-bond donors (Lipinski definition) is 0. The number of ether oxygens (including phenoxy) is 1. The lowest BCUT2D eigenvalue weighted by molar-refractivity contribution is -0.141. The van der Waals surface area contributed by atoms with E-state index in [4.69, 9.17) is 4.74 Å². The van der Waals surface area contributed by atoms with Crippen LogP contribution in [-0.2, 0) is 4.74 Å². The quantitative estimate of drug-likeness (QED) is 0.477. The first-order chi connectivity index (χ1) is 16.8. The van der Waals surface area contributed by atoms with Gasteiger partial charge in [0, 0.05) is 29.9 Å². The van der Waals surface area contributed by atoms with Crippen molar-refractivity contribution in [2.45, 2.75) is 101 Å². The van der Waals surface area contributed by atoms with Crippen molar-refractivity contribution >= 4 is 10.8 Å². The maximum atomic E-state index is 7.50. The number of nitrogens with zero attached hydrogens (tertiary/aromatic N) is 2. The molecule has 1 saturated heterocycles. The molecule has 4 unspecified atom stereocenters. The lowest BCUT2D eigenvalue weighted by atomic mass is 9.58. The topological polar surface area (TPSA) is 25.4 Å². The van der Waals surface area contributed by atoms with Gasteiger partial charge in [-0.05, 0) is 124 Å². The summed E-state index contributed by atoms with van der Waals surface area (Å²) >= 11 is 0. The fourth-order valence-corrected chi connectivity index (χ4v) is 9.02. The third-order valence-electron chi connectivity index (χ3n) is 11.1. The maximum absolute atomic E-state index is 7.50. The van der Waals surface area contributed by atoms with Crippen molar-refractivity contribution in [1.29, 1.82) is 0 Å². The molecule has 0 amide bonds. The monoisotopic (exact) mass is 468 g/mol. The molecule has 0 N–H and O–H groups in total. The highest BCUT2D eigenvalue weighted by molar-refractivity contribution is 5.82. The van der Waals surface area contributed by atoms with Crippen molar-refractivity contribution in [2.24, 2.45) is 11.3 Å². The fourth-order valence-electron chi connectivity index (χ4n) is 9.02. The van der Waals surface area contributed by atoms with Gasteiger partial charge in [-0.15, -0.1) is 0 Å². The number of aromatic nitrogens is 1. The van der Waals surface area contributed by atoms with Gasteiger partial charge in [0.2, 0.25) is 0 Å². The van der Waals surface area contributed by atoms with Gasteiger partial charge in [0.1, 0.15) is 0 Å². The molecule has 2 bridgehead atoms. The second kappa shape index (κ2) is 7.52. The summed E-state index contributed by atoms with van der Waals surface area (Å²) in [5.74, 6) is 1.19. The first-order valence-electron chi connectivity index (χ1n) is 14.0. The van der Waals surface area contributed by atoms with Gasteiger partial charge in [-0.25, -0.2) is 0 Å². The Bertz CT molecular complexity index is 1250. The molecule has 2 spiro atoms. The standard InChI is InChI=1S/C32H40N2O/c1-21(2)34(4)27-8-7-25-18-26-11-13-30(3)28(23-6-5-22-12-16-33-20-24(22)17-23)9-10-29(30)32(26)15-14-31(25,19-27)35-32/h5-6,11-12,16-18,20-21,27-29H,7-10,13-15,19H2,1-4H3/t27?,28?,29?,30?,31-,32-/m1/s1. The van der Waals surface area contributed by atoms with Crippen LogP contribution in [0.5, 0.6) is 0 Å². The first kappa shape index (κ1) is 22.2. The minimum Gasteiger partial charge on any atom is -0.359 e. The number of fused-ring (bicyclic) bond motifs is 2. The van der Waals surface area contributed by atoms with Crippen molar-refractivity contribution < 1.29 is 4.74 Å². The summed E-state index contributed by atoms with van der Waals surface area (Å²) in [5, 5.41) is 2.56. The Morgan fingerprint density at radius 3 is 2.83 bits per heavy atom. The van der Waals surface area contributed by atoms with Crippen molar-refractivity contribution in [3.63, 3.8) is 0 Å². The van der Waals surface area contributed by atoms with Crippen LogP contribution in [0.3, 0.4) is 0 Å². The molecular weight excluding hydrogens is 428 g/mol. The van der Waals surface area contributed by atoms with Crippen LogP contribution in [0.1, 0.15) is 83.6 Å². The summed E-state index contributed by atoms with van der Waals surface area (Å²) in [6.45, 7) is 7.24. The fraction of sp³-hybridized carbons (Fsp3) is 0.594. The van der Waals surface area contributed by atoms with Crippen LogP contribution in [0.15, 0.2) is 60.0 Å². The summed E-state index contributed by atoms with van der Waals surface area (Å²) in [5.41, 5.74) is 4.79. The van der Waals surface area contributed by atoms with E-state index in [2.05, 4.69) is 74.1 Å².